The standard InChI is InChI=1S/C23H30N2O3/c1-4-18-12-20-19-13-22(28-3)21(27-2)11-17(19)7-10-25(20)15-23(18,26)14-16-5-8-24-9-6-16/h5-6,8-9,11,13,18,20,26H,4,7,10,12,14-15H2,1-3H3. The molecule has 0 spiro atoms. The van der Waals surface area contributed by atoms with Crippen LogP contribution in [0.3, 0.4) is 0 Å². The molecule has 0 bridgehead atoms. The third-order valence-electron chi connectivity index (χ3n) is 6.61. The van der Waals surface area contributed by atoms with Gasteiger partial charge in [-0.25, -0.2) is 0 Å². The molecule has 2 aliphatic rings. The van der Waals surface area contributed by atoms with E-state index in [0.29, 0.717) is 19.0 Å². The molecule has 3 unspecified atom stereocenters. The van der Waals surface area contributed by atoms with Crippen molar-refractivity contribution in [2.24, 2.45) is 5.92 Å². The number of piperidine rings is 1. The molecule has 1 saturated heterocycles. The highest BCUT2D eigenvalue weighted by atomic mass is 16.5. The molecule has 1 aromatic carbocycles. The lowest BCUT2D eigenvalue weighted by Gasteiger charge is -2.51. The quantitative estimate of drug-likeness (QED) is 0.859. The van der Waals surface area contributed by atoms with Gasteiger partial charge >= 0.3 is 0 Å². The summed E-state index contributed by atoms with van der Waals surface area (Å²) in [5.74, 6) is 1.83. The zero-order chi connectivity index (χ0) is 19.7. The van der Waals surface area contributed by atoms with E-state index in [-0.39, 0.29) is 5.92 Å². The summed E-state index contributed by atoms with van der Waals surface area (Å²) in [7, 11) is 3.38. The van der Waals surface area contributed by atoms with Crippen LogP contribution in [0.4, 0.5) is 0 Å². The van der Waals surface area contributed by atoms with Crippen LogP contribution < -0.4 is 9.47 Å². The number of methoxy groups -OCH3 is 2. The van der Waals surface area contributed by atoms with Gasteiger partial charge in [-0.1, -0.05) is 13.3 Å². The van der Waals surface area contributed by atoms with Gasteiger partial charge < -0.3 is 14.6 Å². The second kappa shape index (κ2) is 7.72. The lowest BCUT2D eigenvalue weighted by atomic mass is 9.71. The lowest BCUT2D eigenvalue weighted by molar-refractivity contribution is -0.101. The maximum Gasteiger partial charge on any atom is 0.161 e. The minimum atomic E-state index is -0.708. The van der Waals surface area contributed by atoms with Crippen LogP contribution in [-0.2, 0) is 12.8 Å². The van der Waals surface area contributed by atoms with Crippen molar-refractivity contribution in [2.45, 2.75) is 44.2 Å². The van der Waals surface area contributed by atoms with Gasteiger partial charge in [0.05, 0.1) is 19.8 Å². The first kappa shape index (κ1) is 19.2. The van der Waals surface area contributed by atoms with Gasteiger partial charge in [0.15, 0.2) is 11.5 Å². The monoisotopic (exact) mass is 382 g/mol. The number of fused-ring (bicyclic) bond motifs is 3. The number of nitrogens with zero attached hydrogens (tertiary/aromatic N) is 2. The highest BCUT2D eigenvalue weighted by Gasteiger charge is 2.46. The molecule has 28 heavy (non-hydrogen) atoms. The number of rotatable bonds is 5. The van der Waals surface area contributed by atoms with E-state index in [9.17, 15) is 5.11 Å². The average molecular weight is 383 g/mol. The number of benzene rings is 1. The Morgan fingerprint density at radius 1 is 1.18 bits per heavy atom. The first-order valence-corrected chi connectivity index (χ1v) is 10.2. The second-order valence-corrected chi connectivity index (χ2v) is 8.12. The summed E-state index contributed by atoms with van der Waals surface area (Å²) in [4.78, 5) is 6.57. The van der Waals surface area contributed by atoms with Gasteiger partial charge in [-0.3, -0.25) is 9.88 Å². The molecular formula is C23H30N2O3. The van der Waals surface area contributed by atoms with Crippen LogP contribution in [-0.4, -0.2) is 47.9 Å². The van der Waals surface area contributed by atoms with Gasteiger partial charge in [0.1, 0.15) is 0 Å². The molecule has 5 heteroatoms. The highest BCUT2D eigenvalue weighted by Crippen LogP contribution is 2.47. The van der Waals surface area contributed by atoms with Crippen molar-refractivity contribution in [3.05, 3.63) is 53.3 Å². The fourth-order valence-corrected chi connectivity index (χ4v) is 5.12. The Bertz CT molecular complexity index is 826. The molecule has 1 N–H and O–H groups in total. The molecule has 3 heterocycles. The molecule has 0 radical (unpaired) electrons. The van der Waals surface area contributed by atoms with Gasteiger partial charge in [-0.2, -0.15) is 0 Å². The Morgan fingerprint density at radius 2 is 1.89 bits per heavy atom. The van der Waals surface area contributed by atoms with E-state index in [0.717, 1.165) is 42.9 Å². The van der Waals surface area contributed by atoms with E-state index in [4.69, 9.17) is 9.47 Å². The maximum absolute atomic E-state index is 11.6. The van der Waals surface area contributed by atoms with Crippen LogP contribution in [0.15, 0.2) is 36.7 Å². The largest absolute Gasteiger partial charge is 0.493 e. The van der Waals surface area contributed by atoms with Gasteiger partial charge in [0.25, 0.3) is 0 Å². The molecule has 1 aromatic heterocycles. The summed E-state index contributed by atoms with van der Waals surface area (Å²) in [5.41, 5.74) is 3.11. The number of aromatic nitrogens is 1. The Labute approximate surface area is 167 Å². The van der Waals surface area contributed by atoms with E-state index < -0.39 is 5.60 Å². The first-order valence-electron chi connectivity index (χ1n) is 10.2. The van der Waals surface area contributed by atoms with Gasteiger partial charge in [-0.15, -0.1) is 0 Å². The van der Waals surface area contributed by atoms with Crippen molar-refractivity contribution < 1.29 is 14.6 Å². The topological polar surface area (TPSA) is 54.8 Å². The summed E-state index contributed by atoms with van der Waals surface area (Å²) < 4.78 is 11.1. The van der Waals surface area contributed by atoms with Gasteiger partial charge in [0, 0.05) is 37.9 Å². The van der Waals surface area contributed by atoms with Crippen molar-refractivity contribution >= 4 is 0 Å². The van der Waals surface area contributed by atoms with E-state index in [1.54, 1.807) is 14.2 Å². The van der Waals surface area contributed by atoms with Crippen LogP contribution in [0.2, 0.25) is 0 Å². The van der Waals surface area contributed by atoms with Crippen LogP contribution >= 0.6 is 0 Å². The molecule has 3 atom stereocenters. The minimum absolute atomic E-state index is 0.251. The van der Waals surface area contributed by atoms with E-state index in [1.165, 1.54) is 11.1 Å². The first-order chi connectivity index (χ1) is 13.6. The van der Waals surface area contributed by atoms with Crippen LogP contribution in [0.25, 0.3) is 0 Å². The molecule has 150 valence electrons. The SMILES string of the molecule is CCC1CC2c3cc(OC)c(OC)cc3CCN2CC1(O)Cc1ccncc1. The normalized spacial score (nSPS) is 27.0. The number of aliphatic hydroxyl groups is 1. The lowest BCUT2D eigenvalue weighted by Crippen LogP contribution is -2.57. The molecule has 0 aliphatic carbocycles. The van der Waals surface area contributed by atoms with Crippen LogP contribution in [0.1, 0.15) is 42.5 Å². The summed E-state index contributed by atoms with van der Waals surface area (Å²) in [6.07, 6.45) is 7.18. The van der Waals surface area contributed by atoms with Crippen LogP contribution in [0.5, 0.6) is 11.5 Å². The number of ether oxygens (including phenoxy) is 2. The van der Waals surface area contributed by atoms with Gasteiger partial charge in [-0.05, 0) is 59.7 Å². The molecule has 2 aromatic rings. The van der Waals surface area contributed by atoms with Crippen molar-refractivity contribution in [2.75, 3.05) is 27.3 Å². The molecule has 1 fully saturated rings. The summed E-state index contributed by atoms with van der Waals surface area (Å²) >= 11 is 0. The van der Waals surface area contributed by atoms with E-state index >= 15 is 0 Å². The third-order valence-corrected chi connectivity index (χ3v) is 6.61. The van der Waals surface area contributed by atoms with E-state index in [1.807, 2.05) is 24.5 Å². The molecule has 0 amide bonds. The predicted molar refractivity (Wildman–Crippen MR) is 109 cm³/mol. The predicted octanol–water partition coefficient (Wildman–Crippen LogP) is 3.40. The zero-order valence-electron chi connectivity index (χ0n) is 17.0. The summed E-state index contributed by atoms with van der Waals surface area (Å²) in [6, 6.07) is 8.62. The Kier molecular flexibility index (Phi) is 5.30. The molecular weight excluding hydrogens is 352 g/mol. The molecule has 2 aliphatic heterocycles. The van der Waals surface area contributed by atoms with Crippen LogP contribution in [0, 0.1) is 5.92 Å². The Balaban J connectivity index is 1.64. The Morgan fingerprint density at radius 3 is 2.57 bits per heavy atom. The highest BCUT2D eigenvalue weighted by molar-refractivity contribution is 5.49. The van der Waals surface area contributed by atoms with Crippen molar-refractivity contribution in [3.8, 4) is 11.5 Å². The van der Waals surface area contributed by atoms with Gasteiger partial charge in [0.2, 0.25) is 0 Å². The maximum atomic E-state index is 11.6. The minimum Gasteiger partial charge on any atom is -0.493 e. The van der Waals surface area contributed by atoms with Crippen molar-refractivity contribution in [1.29, 1.82) is 0 Å². The summed E-state index contributed by atoms with van der Waals surface area (Å²) in [5, 5.41) is 11.6. The smallest absolute Gasteiger partial charge is 0.161 e. The number of hydrogen-bond donors (Lipinski definition) is 1. The molecule has 5 nitrogen and oxygen atoms in total. The average Bonchev–Trinajstić information content (AvgIpc) is 2.72. The zero-order valence-corrected chi connectivity index (χ0v) is 17.0. The summed E-state index contributed by atoms with van der Waals surface area (Å²) in [6.45, 7) is 3.85. The van der Waals surface area contributed by atoms with E-state index in [2.05, 4.69) is 28.9 Å². The van der Waals surface area contributed by atoms with Crippen molar-refractivity contribution in [3.63, 3.8) is 0 Å². The number of pyridine rings is 1. The van der Waals surface area contributed by atoms with Crippen molar-refractivity contribution in [1.82, 2.24) is 9.88 Å². The Hall–Kier alpha value is -2.11. The third kappa shape index (κ3) is 3.38. The molecule has 0 saturated carbocycles. The molecule has 4 rings (SSSR count). The fraction of sp³-hybridized carbons (Fsp3) is 0.522. The fourth-order valence-electron chi connectivity index (χ4n) is 5.12. The second-order valence-electron chi connectivity index (χ2n) is 8.12. The number of hydrogen-bond acceptors (Lipinski definition) is 5.